The molecule has 0 aliphatic carbocycles. The Kier molecular flexibility index (Phi) is 3.40. The van der Waals surface area contributed by atoms with Gasteiger partial charge in [-0.2, -0.15) is 0 Å². The van der Waals surface area contributed by atoms with Crippen molar-refractivity contribution in [3.05, 3.63) is 64.9 Å². The van der Waals surface area contributed by atoms with E-state index in [0.717, 1.165) is 0 Å². The average molecular weight is 250 g/mol. The molecule has 0 spiro atoms. The van der Waals surface area contributed by atoms with Crippen LogP contribution in [-0.2, 0) is 0 Å². The molecule has 0 bridgehead atoms. The molecule has 0 saturated heterocycles. The summed E-state index contributed by atoms with van der Waals surface area (Å²) in [5, 5.41) is 3.17. The van der Waals surface area contributed by atoms with Crippen molar-refractivity contribution in [3.8, 4) is 0 Å². The lowest BCUT2D eigenvalue weighted by Crippen LogP contribution is -2.13. The van der Waals surface area contributed by atoms with E-state index in [2.05, 4.69) is 5.32 Å². The molecule has 0 saturated carbocycles. The second kappa shape index (κ2) is 4.97. The van der Waals surface area contributed by atoms with Crippen molar-refractivity contribution in [3.63, 3.8) is 0 Å². The molecule has 0 unspecified atom stereocenters. The number of anilines is 1. The van der Waals surface area contributed by atoms with E-state index >= 15 is 0 Å². The summed E-state index contributed by atoms with van der Waals surface area (Å²) in [5.74, 6) is -1.02. The van der Waals surface area contributed by atoms with Crippen LogP contribution in [0.1, 0.15) is 10.4 Å². The van der Waals surface area contributed by atoms with Crippen LogP contribution in [0.4, 0.5) is 10.1 Å². The zero-order valence-electron chi connectivity index (χ0n) is 8.78. The van der Waals surface area contributed by atoms with Crippen molar-refractivity contribution in [2.75, 3.05) is 5.32 Å². The highest BCUT2D eigenvalue weighted by Crippen LogP contribution is 2.15. The molecule has 2 nitrogen and oxygen atoms in total. The van der Waals surface area contributed by atoms with Crippen LogP contribution in [-0.4, -0.2) is 5.91 Å². The molecular weight excluding hydrogens is 241 g/mol. The minimum absolute atomic E-state index is 0.0162. The number of hydrogen-bond acceptors (Lipinski definition) is 1. The van der Waals surface area contributed by atoms with Gasteiger partial charge in [0.1, 0.15) is 5.82 Å². The third-order valence-electron chi connectivity index (χ3n) is 2.22. The van der Waals surface area contributed by atoms with Gasteiger partial charge in [-0.05, 0) is 36.4 Å². The normalized spacial score (nSPS) is 10.0. The molecule has 2 rings (SSSR count). The van der Waals surface area contributed by atoms with Crippen LogP contribution in [0.15, 0.2) is 48.5 Å². The summed E-state index contributed by atoms with van der Waals surface area (Å²) in [6, 6.07) is 12.4. The van der Waals surface area contributed by atoms with Crippen LogP contribution in [0.5, 0.6) is 0 Å². The Morgan fingerprint density at radius 1 is 1.06 bits per heavy atom. The van der Waals surface area contributed by atoms with Gasteiger partial charge >= 0.3 is 0 Å². The first kappa shape index (κ1) is 11.6. The fraction of sp³-hybridized carbons (Fsp3) is 0. The Hall–Kier alpha value is -1.87. The van der Waals surface area contributed by atoms with Crippen molar-refractivity contribution >= 4 is 23.2 Å². The van der Waals surface area contributed by atoms with Gasteiger partial charge < -0.3 is 5.32 Å². The zero-order valence-corrected chi connectivity index (χ0v) is 9.54. The largest absolute Gasteiger partial charge is 0.322 e. The molecule has 0 atom stereocenters. The van der Waals surface area contributed by atoms with Gasteiger partial charge in [-0.1, -0.05) is 23.7 Å². The van der Waals surface area contributed by atoms with E-state index in [1.54, 1.807) is 30.3 Å². The van der Waals surface area contributed by atoms with Crippen LogP contribution in [0.25, 0.3) is 0 Å². The number of benzene rings is 2. The van der Waals surface area contributed by atoms with Crippen molar-refractivity contribution in [2.24, 2.45) is 0 Å². The lowest BCUT2D eigenvalue weighted by atomic mass is 10.2. The lowest BCUT2D eigenvalue weighted by molar-refractivity contribution is 0.102. The SMILES string of the molecule is O=C(Nc1ccc(Cl)cc1)c1ccccc1F. The van der Waals surface area contributed by atoms with E-state index in [4.69, 9.17) is 11.6 Å². The molecular formula is C13H9ClFNO. The van der Waals surface area contributed by atoms with Crippen LogP contribution in [0.2, 0.25) is 5.02 Å². The van der Waals surface area contributed by atoms with E-state index in [-0.39, 0.29) is 5.56 Å². The van der Waals surface area contributed by atoms with Gasteiger partial charge in [0.15, 0.2) is 0 Å². The fourth-order valence-corrected chi connectivity index (χ4v) is 1.50. The van der Waals surface area contributed by atoms with E-state index in [1.807, 2.05) is 0 Å². The van der Waals surface area contributed by atoms with E-state index in [0.29, 0.717) is 10.7 Å². The number of halogens is 2. The number of hydrogen-bond donors (Lipinski definition) is 1. The summed E-state index contributed by atoms with van der Waals surface area (Å²) >= 11 is 5.72. The molecule has 0 aliphatic heterocycles. The Balaban J connectivity index is 2.17. The molecule has 17 heavy (non-hydrogen) atoms. The lowest BCUT2D eigenvalue weighted by Gasteiger charge is -2.05. The molecule has 0 aromatic heterocycles. The van der Waals surface area contributed by atoms with Gasteiger partial charge in [0.2, 0.25) is 0 Å². The van der Waals surface area contributed by atoms with E-state index < -0.39 is 11.7 Å². The number of nitrogens with one attached hydrogen (secondary N) is 1. The summed E-state index contributed by atoms with van der Waals surface area (Å²) < 4.78 is 13.3. The van der Waals surface area contributed by atoms with Crippen LogP contribution in [0, 0.1) is 5.82 Å². The van der Waals surface area contributed by atoms with Gasteiger partial charge in [0.05, 0.1) is 5.56 Å². The Bertz CT molecular complexity index is 539. The van der Waals surface area contributed by atoms with E-state index in [9.17, 15) is 9.18 Å². The average Bonchev–Trinajstić information content (AvgIpc) is 2.32. The number of carbonyl (C=O) groups is 1. The number of carbonyl (C=O) groups excluding carboxylic acids is 1. The highest BCUT2D eigenvalue weighted by molar-refractivity contribution is 6.30. The summed E-state index contributed by atoms with van der Waals surface area (Å²) in [6.45, 7) is 0. The molecule has 2 aromatic rings. The smallest absolute Gasteiger partial charge is 0.258 e. The molecule has 4 heteroatoms. The first-order chi connectivity index (χ1) is 8.16. The minimum Gasteiger partial charge on any atom is -0.322 e. The molecule has 86 valence electrons. The van der Waals surface area contributed by atoms with Crippen LogP contribution in [0.3, 0.4) is 0 Å². The van der Waals surface area contributed by atoms with Gasteiger partial charge in [0, 0.05) is 10.7 Å². The maximum atomic E-state index is 13.3. The third kappa shape index (κ3) is 2.82. The molecule has 2 aromatic carbocycles. The Morgan fingerprint density at radius 2 is 1.71 bits per heavy atom. The first-order valence-electron chi connectivity index (χ1n) is 4.98. The number of rotatable bonds is 2. The van der Waals surface area contributed by atoms with Gasteiger partial charge in [0.25, 0.3) is 5.91 Å². The molecule has 0 aliphatic rings. The van der Waals surface area contributed by atoms with Crippen molar-refractivity contribution in [1.29, 1.82) is 0 Å². The Morgan fingerprint density at radius 3 is 2.35 bits per heavy atom. The molecule has 1 N–H and O–H groups in total. The Labute approximate surface area is 103 Å². The van der Waals surface area contributed by atoms with Crippen molar-refractivity contribution in [2.45, 2.75) is 0 Å². The molecule has 0 heterocycles. The predicted molar refractivity (Wildman–Crippen MR) is 65.8 cm³/mol. The van der Waals surface area contributed by atoms with Crippen LogP contribution < -0.4 is 5.32 Å². The van der Waals surface area contributed by atoms with Crippen molar-refractivity contribution < 1.29 is 9.18 Å². The highest BCUT2D eigenvalue weighted by Gasteiger charge is 2.10. The standard InChI is InChI=1S/C13H9ClFNO/c14-9-5-7-10(8-6-9)16-13(17)11-3-1-2-4-12(11)15/h1-8H,(H,16,17). The molecule has 0 fully saturated rings. The summed E-state index contributed by atoms with van der Waals surface area (Å²) in [4.78, 5) is 11.7. The summed E-state index contributed by atoms with van der Waals surface area (Å²) in [5.41, 5.74) is 0.588. The quantitative estimate of drug-likeness (QED) is 0.863. The fourth-order valence-electron chi connectivity index (χ4n) is 1.38. The third-order valence-corrected chi connectivity index (χ3v) is 2.47. The highest BCUT2D eigenvalue weighted by atomic mass is 35.5. The van der Waals surface area contributed by atoms with Gasteiger partial charge in [-0.25, -0.2) is 4.39 Å². The van der Waals surface area contributed by atoms with Gasteiger partial charge in [-0.3, -0.25) is 4.79 Å². The predicted octanol–water partition coefficient (Wildman–Crippen LogP) is 3.73. The van der Waals surface area contributed by atoms with E-state index in [1.165, 1.54) is 18.2 Å². The van der Waals surface area contributed by atoms with Gasteiger partial charge in [-0.15, -0.1) is 0 Å². The summed E-state index contributed by atoms with van der Waals surface area (Å²) in [7, 11) is 0. The topological polar surface area (TPSA) is 29.1 Å². The monoisotopic (exact) mass is 249 g/mol. The molecule has 0 radical (unpaired) electrons. The first-order valence-corrected chi connectivity index (χ1v) is 5.36. The second-order valence-electron chi connectivity index (χ2n) is 3.44. The minimum atomic E-state index is -0.543. The maximum Gasteiger partial charge on any atom is 0.258 e. The van der Waals surface area contributed by atoms with Crippen molar-refractivity contribution in [1.82, 2.24) is 0 Å². The number of amides is 1. The second-order valence-corrected chi connectivity index (χ2v) is 3.88. The zero-order chi connectivity index (χ0) is 12.3. The maximum absolute atomic E-state index is 13.3. The molecule has 1 amide bonds. The summed E-state index contributed by atoms with van der Waals surface area (Å²) in [6.07, 6.45) is 0. The van der Waals surface area contributed by atoms with Crippen LogP contribution >= 0.6 is 11.6 Å².